The number of halogens is 1. The number of methoxy groups -OCH3 is 2. The maximum atomic E-state index is 9.77. The lowest BCUT2D eigenvalue weighted by Gasteiger charge is -2.50. The number of ether oxygens (including phenoxy) is 2. The van der Waals surface area contributed by atoms with Crippen LogP contribution in [-0.2, 0) is 0 Å². The Kier molecular flexibility index (Phi) is 3.83. The van der Waals surface area contributed by atoms with Gasteiger partial charge in [-0.2, -0.15) is 0 Å². The van der Waals surface area contributed by atoms with Crippen LogP contribution in [0.5, 0.6) is 11.5 Å². The van der Waals surface area contributed by atoms with Crippen molar-refractivity contribution in [3.63, 3.8) is 0 Å². The Morgan fingerprint density at radius 2 is 1.89 bits per heavy atom. The molecule has 4 nitrogen and oxygen atoms in total. The van der Waals surface area contributed by atoms with E-state index in [0.717, 1.165) is 12.1 Å². The lowest BCUT2D eigenvalue weighted by molar-refractivity contribution is -0.0511. The summed E-state index contributed by atoms with van der Waals surface area (Å²) in [6.07, 6.45) is 0.449. The Labute approximate surface area is 118 Å². The zero-order valence-corrected chi connectivity index (χ0v) is 12.4. The van der Waals surface area contributed by atoms with Gasteiger partial charge in [0.1, 0.15) is 11.5 Å². The molecule has 1 fully saturated rings. The second-order valence-corrected chi connectivity index (χ2v) is 5.86. The fourth-order valence-electron chi connectivity index (χ4n) is 2.31. The van der Waals surface area contributed by atoms with Gasteiger partial charge < -0.3 is 19.9 Å². The van der Waals surface area contributed by atoms with E-state index in [1.165, 1.54) is 0 Å². The molecule has 1 aromatic carbocycles. The minimum Gasteiger partial charge on any atom is -0.495 e. The highest BCUT2D eigenvalue weighted by Gasteiger charge is 2.47. The predicted molar refractivity (Wildman–Crippen MR) is 76.4 cm³/mol. The van der Waals surface area contributed by atoms with Gasteiger partial charge in [0, 0.05) is 17.5 Å². The quantitative estimate of drug-likeness (QED) is 0.893. The van der Waals surface area contributed by atoms with Gasteiger partial charge >= 0.3 is 0 Å². The highest BCUT2D eigenvalue weighted by atomic mass is 35.5. The highest BCUT2D eigenvalue weighted by molar-refractivity contribution is 6.32. The topological polar surface area (TPSA) is 50.7 Å². The average molecular weight is 286 g/mol. The zero-order valence-electron chi connectivity index (χ0n) is 11.7. The largest absolute Gasteiger partial charge is 0.495 e. The lowest BCUT2D eigenvalue weighted by Crippen LogP contribution is -2.56. The molecular formula is C14H20ClNO3. The summed E-state index contributed by atoms with van der Waals surface area (Å²) >= 11 is 6.13. The molecule has 1 aromatic rings. The lowest BCUT2D eigenvalue weighted by atomic mass is 9.64. The van der Waals surface area contributed by atoms with Crippen LogP contribution in [0.3, 0.4) is 0 Å². The molecule has 5 heteroatoms. The SMILES string of the molecule is COc1cc(OC)c(NC2CC(O)C2(C)C)cc1Cl. The maximum absolute atomic E-state index is 9.77. The molecule has 2 atom stereocenters. The monoisotopic (exact) mass is 285 g/mol. The summed E-state index contributed by atoms with van der Waals surface area (Å²) in [5.41, 5.74) is 0.663. The van der Waals surface area contributed by atoms with E-state index >= 15 is 0 Å². The third-order valence-corrected chi connectivity index (χ3v) is 4.31. The first-order chi connectivity index (χ1) is 8.90. The number of aliphatic hydroxyl groups is 1. The van der Waals surface area contributed by atoms with Crippen molar-refractivity contribution in [1.82, 2.24) is 0 Å². The van der Waals surface area contributed by atoms with Gasteiger partial charge in [-0.25, -0.2) is 0 Å². The number of hydrogen-bond donors (Lipinski definition) is 2. The molecule has 1 aliphatic carbocycles. The van der Waals surface area contributed by atoms with E-state index < -0.39 is 0 Å². The summed E-state index contributed by atoms with van der Waals surface area (Å²) in [5.74, 6) is 1.26. The Bertz CT molecular complexity index is 476. The van der Waals surface area contributed by atoms with Crippen LogP contribution in [0.4, 0.5) is 5.69 Å². The van der Waals surface area contributed by atoms with Gasteiger partial charge in [-0.15, -0.1) is 0 Å². The smallest absolute Gasteiger partial charge is 0.145 e. The molecule has 2 unspecified atom stereocenters. The van der Waals surface area contributed by atoms with Gasteiger partial charge in [-0.05, 0) is 12.5 Å². The summed E-state index contributed by atoms with van der Waals surface area (Å²) in [6, 6.07) is 3.74. The molecule has 0 amide bonds. The van der Waals surface area contributed by atoms with E-state index in [1.54, 1.807) is 26.4 Å². The fourth-order valence-corrected chi connectivity index (χ4v) is 2.55. The van der Waals surface area contributed by atoms with Crippen molar-refractivity contribution in [1.29, 1.82) is 0 Å². The van der Waals surface area contributed by atoms with Crippen LogP contribution >= 0.6 is 11.6 Å². The molecule has 1 saturated carbocycles. The molecule has 0 heterocycles. The molecule has 0 spiro atoms. The van der Waals surface area contributed by atoms with Gasteiger partial charge in [0.15, 0.2) is 0 Å². The van der Waals surface area contributed by atoms with Crippen molar-refractivity contribution < 1.29 is 14.6 Å². The van der Waals surface area contributed by atoms with Crippen LogP contribution in [-0.4, -0.2) is 31.5 Å². The molecule has 106 valence electrons. The number of nitrogens with one attached hydrogen (secondary N) is 1. The maximum Gasteiger partial charge on any atom is 0.145 e. The number of benzene rings is 1. The minimum atomic E-state index is -0.273. The average Bonchev–Trinajstić information content (AvgIpc) is 2.38. The van der Waals surface area contributed by atoms with Crippen LogP contribution in [0.1, 0.15) is 20.3 Å². The molecule has 0 saturated heterocycles. The summed E-state index contributed by atoms with van der Waals surface area (Å²) in [4.78, 5) is 0. The van der Waals surface area contributed by atoms with Crippen LogP contribution in [0, 0.1) is 5.41 Å². The summed E-state index contributed by atoms with van der Waals surface area (Å²) < 4.78 is 10.5. The highest BCUT2D eigenvalue weighted by Crippen LogP contribution is 2.44. The Morgan fingerprint density at radius 1 is 1.26 bits per heavy atom. The molecule has 19 heavy (non-hydrogen) atoms. The van der Waals surface area contributed by atoms with Gasteiger partial charge in [-0.3, -0.25) is 0 Å². The van der Waals surface area contributed by atoms with Gasteiger partial charge in [0.2, 0.25) is 0 Å². The van der Waals surface area contributed by atoms with Crippen LogP contribution in [0.2, 0.25) is 5.02 Å². The van der Waals surface area contributed by atoms with Gasteiger partial charge in [0.05, 0.1) is 31.0 Å². The third kappa shape index (κ3) is 2.47. The van der Waals surface area contributed by atoms with E-state index in [0.29, 0.717) is 16.5 Å². The zero-order chi connectivity index (χ0) is 14.2. The molecule has 2 N–H and O–H groups in total. The van der Waals surface area contributed by atoms with E-state index in [4.69, 9.17) is 21.1 Å². The van der Waals surface area contributed by atoms with E-state index in [9.17, 15) is 5.11 Å². The van der Waals surface area contributed by atoms with E-state index in [2.05, 4.69) is 5.32 Å². The van der Waals surface area contributed by atoms with E-state index in [-0.39, 0.29) is 17.6 Å². The first kappa shape index (κ1) is 14.3. The molecule has 0 bridgehead atoms. The Balaban J connectivity index is 2.23. The van der Waals surface area contributed by atoms with Gasteiger partial charge in [0.25, 0.3) is 0 Å². The van der Waals surface area contributed by atoms with Crippen molar-refractivity contribution in [3.05, 3.63) is 17.2 Å². The molecule has 0 aliphatic heterocycles. The molecule has 1 aliphatic rings. The minimum absolute atomic E-state index is 0.155. The van der Waals surface area contributed by atoms with Crippen LogP contribution in [0.15, 0.2) is 12.1 Å². The summed E-state index contributed by atoms with van der Waals surface area (Å²) in [6.45, 7) is 4.08. The Hall–Kier alpha value is -1.13. The summed E-state index contributed by atoms with van der Waals surface area (Å²) in [5, 5.41) is 13.7. The third-order valence-electron chi connectivity index (χ3n) is 4.02. The van der Waals surface area contributed by atoms with Crippen molar-refractivity contribution in [3.8, 4) is 11.5 Å². The van der Waals surface area contributed by atoms with Crippen molar-refractivity contribution in [2.24, 2.45) is 5.41 Å². The molecule has 2 rings (SSSR count). The standard InChI is InChI=1S/C14H20ClNO3/c1-14(2)12(7-13(14)17)16-9-5-8(15)10(18-3)6-11(9)19-4/h5-6,12-13,16-17H,7H2,1-4H3. The van der Waals surface area contributed by atoms with Crippen molar-refractivity contribution in [2.75, 3.05) is 19.5 Å². The first-order valence-electron chi connectivity index (χ1n) is 6.26. The first-order valence-corrected chi connectivity index (χ1v) is 6.64. The van der Waals surface area contributed by atoms with Gasteiger partial charge in [-0.1, -0.05) is 25.4 Å². The van der Waals surface area contributed by atoms with E-state index in [1.807, 2.05) is 13.8 Å². The van der Waals surface area contributed by atoms with Crippen molar-refractivity contribution >= 4 is 17.3 Å². The number of anilines is 1. The molecule has 0 aromatic heterocycles. The number of aliphatic hydroxyl groups excluding tert-OH is 1. The predicted octanol–water partition coefficient (Wildman–Crippen LogP) is 2.93. The second kappa shape index (κ2) is 5.10. The fraction of sp³-hybridized carbons (Fsp3) is 0.571. The van der Waals surface area contributed by atoms with Crippen molar-refractivity contribution in [2.45, 2.75) is 32.4 Å². The second-order valence-electron chi connectivity index (χ2n) is 5.46. The number of hydrogen-bond acceptors (Lipinski definition) is 4. The summed E-state index contributed by atoms with van der Waals surface area (Å²) in [7, 11) is 3.17. The Morgan fingerprint density at radius 3 is 2.37 bits per heavy atom. The molecule has 0 radical (unpaired) electrons. The van der Waals surface area contributed by atoms with Crippen LogP contribution in [0.25, 0.3) is 0 Å². The number of rotatable bonds is 4. The normalized spacial score (nSPS) is 24.5. The van der Waals surface area contributed by atoms with Crippen LogP contribution < -0.4 is 14.8 Å². The molecular weight excluding hydrogens is 266 g/mol.